The van der Waals surface area contributed by atoms with Crippen LogP contribution in [-0.4, -0.2) is 21.2 Å². The van der Waals surface area contributed by atoms with Crippen molar-refractivity contribution >= 4 is 28.3 Å². The quantitative estimate of drug-likeness (QED) is 0.486. The van der Waals surface area contributed by atoms with Crippen LogP contribution in [0, 0.1) is 20.8 Å². The van der Waals surface area contributed by atoms with Gasteiger partial charge in [-0.2, -0.15) is 0 Å². The van der Waals surface area contributed by atoms with Crippen LogP contribution in [0.4, 0.5) is 5.69 Å². The molecule has 2 heterocycles. The highest BCUT2D eigenvalue weighted by Crippen LogP contribution is 2.19. The first-order valence-corrected chi connectivity index (χ1v) is 10.3. The van der Waals surface area contributed by atoms with Crippen LogP contribution in [0.2, 0.25) is 0 Å². The van der Waals surface area contributed by atoms with Gasteiger partial charge in [-0.25, -0.2) is 0 Å². The predicted molar refractivity (Wildman–Crippen MR) is 125 cm³/mol. The summed E-state index contributed by atoms with van der Waals surface area (Å²) >= 11 is 0. The van der Waals surface area contributed by atoms with Gasteiger partial charge in [-0.1, -0.05) is 23.8 Å². The summed E-state index contributed by atoms with van der Waals surface area (Å²) in [4.78, 5) is 43.0. The van der Waals surface area contributed by atoms with E-state index in [9.17, 15) is 14.4 Å². The van der Waals surface area contributed by atoms with E-state index in [1.54, 1.807) is 28.8 Å². The molecule has 0 saturated heterocycles. The number of aromatic nitrogens is 2. The fraction of sp³-hybridized carbons (Fsp3) is 0.154. The van der Waals surface area contributed by atoms with E-state index in [0.717, 1.165) is 22.4 Å². The highest BCUT2D eigenvalue weighted by Gasteiger charge is 2.18. The van der Waals surface area contributed by atoms with Gasteiger partial charge in [0, 0.05) is 35.2 Å². The summed E-state index contributed by atoms with van der Waals surface area (Å²) in [5, 5.41) is 3.35. The average Bonchev–Trinajstić information content (AvgIpc) is 2.79. The Bertz CT molecular complexity index is 1410. The fourth-order valence-corrected chi connectivity index (χ4v) is 3.69. The molecule has 6 heteroatoms. The first-order chi connectivity index (χ1) is 15.3. The number of hydrogen-bond acceptors (Lipinski definition) is 4. The molecular formula is C26H23N3O3. The molecule has 0 saturated carbocycles. The molecule has 160 valence electrons. The summed E-state index contributed by atoms with van der Waals surface area (Å²) < 4.78 is 1.66. The molecule has 0 aliphatic heterocycles. The van der Waals surface area contributed by atoms with E-state index < -0.39 is 5.78 Å². The lowest BCUT2D eigenvalue weighted by molar-refractivity contribution is -0.116. The number of carbonyl (C=O) groups excluding carboxylic acids is 2. The largest absolute Gasteiger partial charge is 0.337 e. The van der Waals surface area contributed by atoms with Crippen LogP contribution in [0.15, 0.2) is 71.9 Å². The van der Waals surface area contributed by atoms with Gasteiger partial charge in [0.1, 0.15) is 6.54 Å². The van der Waals surface area contributed by atoms with Crippen molar-refractivity contribution in [2.24, 2.45) is 0 Å². The van der Waals surface area contributed by atoms with Crippen LogP contribution in [0.25, 0.3) is 10.9 Å². The minimum atomic E-state index is -0.399. The Labute approximate surface area is 185 Å². The SMILES string of the molecule is Cc1ccc2c(c1)c(=O)c(C(=O)c1ccncc1)cn2CC(=O)Nc1cccc(C)c1C. The first-order valence-electron chi connectivity index (χ1n) is 10.3. The molecule has 0 radical (unpaired) electrons. The summed E-state index contributed by atoms with van der Waals surface area (Å²) in [5.74, 6) is -0.643. The van der Waals surface area contributed by atoms with Crippen molar-refractivity contribution in [2.45, 2.75) is 27.3 Å². The second kappa shape index (κ2) is 8.59. The zero-order valence-corrected chi connectivity index (χ0v) is 18.2. The van der Waals surface area contributed by atoms with Gasteiger partial charge in [0.2, 0.25) is 11.3 Å². The molecule has 0 fully saturated rings. The number of nitrogens with one attached hydrogen (secondary N) is 1. The lowest BCUT2D eigenvalue weighted by atomic mass is 10.0. The highest BCUT2D eigenvalue weighted by molar-refractivity contribution is 6.10. The number of amides is 1. The Kier molecular flexibility index (Phi) is 5.69. The van der Waals surface area contributed by atoms with Crippen LogP contribution in [-0.2, 0) is 11.3 Å². The van der Waals surface area contributed by atoms with Crippen molar-refractivity contribution in [3.63, 3.8) is 0 Å². The van der Waals surface area contributed by atoms with Crippen LogP contribution in [0.3, 0.4) is 0 Å². The molecule has 0 bridgehead atoms. The molecule has 4 rings (SSSR count). The predicted octanol–water partition coefficient (Wildman–Crippen LogP) is 4.19. The molecule has 0 atom stereocenters. The molecule has 4 aromatic rings. The molecule has 2 aromatic carbocycles. The Morgan fingerprint density at radius 2 is 1.75 bits per heavy atom. The van der Waals surface area contributed by atoms with Gasteiger partial charge < -0.3 is 9.88 Å². The lowest BCUT2D eigenvalue weighted by Crippen LogP contribution is -2.24. The summed E-state index contributed by atoms with van der Waals surface area (Å²) in [7, 11) is 0. The molecular weight excluding hydrogens is 402 g/mol. The topological polar surface area (TPSA) is 81.1 Å². The number of benzene rings is 2. The number of ketones is 1. The second-order valence-corrected chi connectivity index (χ2v) is 7.88. The van der Waals surface area contributed by atoms with Crippen molar-refractivity contribution in [3.05, 3.63) is 105 Å². The maximum absolute atomic E-state index is 13.2. The average molecular weight is 425 g/mol. The molecule has 0 spiro atoms. The summed E-state index contributed by atoms with van der Waals surface area (Å²) in [6.45, 7) is 5.78. The van der Waals surface area contributed by atoms with Gasteiger partial charge in [0.15, 0.2) is 5.78 Å². The summed E-state index contributed by atoms with van der Waals surface area (Å²) in [5.41, 5.74) is 4.36. The monoisotopic (exact) mass is 425 g/mol. The van der Waals surface area contributed by atoms with Gasteiger partial charge in [0.25, 0.3) is 0 Å². The van der Waals surface area contributed by atoms with E-state index in [0.29, 0.717) is 16.5 Å². The maximum atomic E-state index is 13.2. The number of fused-ring (bicyclic) bond motifs is 1. The maximum Gasteiger partial charge on any atom is 0.244 e. The van der Waals surface area contributed by atoms with Crippen molar-refractivity contribution in [3.8, 4) is 0 Å². The minimum absolute atomic E-state index is 0.0221. The van der Waals surface area contributed by atoms with Gasteiger partial charge in [-0.3, -0.25) is 19.4 Å². The summed E-state index contributed by atoms with van der Waals surface area (Å²) in [6, 6.07) is 14.3. The standard InChI is InChI=1S/C26H23N3O3/c1-16-7-8-23-20(13-16)26(32)21(25(31)19-9-11-27-12-10-19)14-29(23)15-24(30)28-22-6-4-5-17(2)18(22)3/h4-14H,15H2,1-3H3,(H,28,30). The summed E-state index contributed by atoms with van der Waals surface area (Å²) in [6.07, 6.45) is 4.49. The molecule has 1 N–H and O–H groups in total. The molecule has 0 aliphatic carbocycles. The Hall–Kier alpha value is -4.06. The van der Waals surface area contributed by atoms with E-state index in [4.69, 9.17) is 0 Å². The number of hydrogen-bond donors (Lipinski definition) is 1. The highest BCUT2D eigenvalue weighted by atomic mass is 16.2. The molecule has 6 nitrogen and oxygen atoms in total. The second-order valence-electron chi connectivity index (χ2n) is 7.88. The van der Waals surface area contributed by atoms with Gasteiger partial charge in [-0.15, -0.1) is 0 Å². The van der Waals surface area contributed by atoms with Crippen LogP contribution >= 0.6 is 0 Å². The molecule has 2 aromatic heterocycles. The van der Waals surface area contributed by atoms with E-state index >= 15 is 0 Å². The number of carbonyl (C=O) groups is 2. The number of aryl methyl sites for hydroxylation is 2. The van der Waals surface area contributed by atoms with Gasteiger partial charge in [-0.05, 0) is 62.2 Å². The van der Waals surface area contributed by atoms with Crippen LogP contribution in [0.5, 0.6) is 0 Å². The first kappa shape index (κ1) is 21.2. The van der Waals surface area contributed by atoms with Gasteiger partial charge >= 0.3 is 0 Å². The molecule has 0 aliphatic rings. The number of rotatable bonds is 5. The number of anilines is 1. The van der Waals surface area contributed by atoms with E-state index in [1.807, 2.05) is 45.0 Å². The Balaban J connectivity index is 1.77. The van der Waals surface area contributed by atoms with Crippen molar-refractivity contribution in [1.29, 1.82) is 0 Å². The van der Waals surface area contributed by atoms with Crippen molar-refractivity contribution < 1.29 is 9.59 Å². The zero-order chi connectivity index (χ0) is 22.8. The third-order valence-electron chi connectivity index (χ3n) is 5.62. The Morgan fingerprint density at radius 3 is 2.50 bits per heavy atom. The van der Waals surface area contributed by atoms with Crippen LogP contribution in [0.1, 0.15) is 32.6 Å². The Morgan fingerprint density at radius 1 is 1.00 bits per heavy atom. The molecule has 32 heavy (non-hydrogen) atoms. The van der Waals surface area contributed by atoms with Crippen molar-refractivity contribution in [1.82, 2.24) is 9.55 Å². The molecule has 0 unspecified atom stereocenters. The fourth-order valence-electron chi connectivity index (χ4n) is 3.69. The van der Waals surface area contributed by atoms with E-state index in [1.165, 1.54) is 18.6 Å². The zero-order valence-electron chi connectivity index (χ0n) is 18.2. The molecule has 1 amide bonds. The lowest BCUT2D eigenvalue weighted by Gasteiger charge is -2.15. The third kappa shape index (κ3) is 4.07. The van der Waals surface area contributed by atoms with Crippen LogP contribution < -0.4 is 10.7 Å². The van der Waals surface area contributed by atoms with E-state index in [-0.39, 0.29) is 23.4 Å². The van der Waals surface area contributed by atoms with Gasteiger partial charge in [0.05, 0.1) is 11.1 Å². The number of pyridine rings is 2. The smallest absolute Gasteiger partial charge is 0.244 e. The van der Waals surface area contributed by atoms with E-state index in [2.05, 4.69) is 10.3 Å². The normalized spacial score (nSPS) is 10.8. The minimum Gasteiger partial charge on any atom is -0.337 e. The third-order valence-corrected chi connectivity index (χ3v) is 5.62. The van der Waals surface area contributed by atoms with Crippen molar-refractivity contribution in [2.75, 3.05) is 5.32 Å². The number of nitrogens with zero attached hydrogens (tertiary/aromatic N) is 2.